The third-order valence-electron chi connectivity index (χ3n) is 1.80. The summed E-state index contributed by atoms with van der Waals surface area (Å²) in [6.45, 7) is 7.63. The molecule has 9 heavy (non-hydrogen) atoms. The lowest BCUT2D eigenvalue weighted by molar-refractivity contribution is 0.652. The van der Waals surface area contributed by atoms with E-state index >= 15 is 0 Å². The van der Waals surface area contributed by atoms with Crippen LogP contribution in [-0.4, -0.2) is 0 Å². The van der Waals surface area contributed by atoms with E-state index in [1.54, 1.807) is 0 Å². The lowest BCUT2D eigenvalue weighted by Crippen LogP contribution is -2.04. The monoisotopic (exact) mass is 121 g/mol. The van der Waals surface area contributed by atoms with E-state index in [1.807, 2.05) is 0 Å². The van der Waals surface area contributed by atoms with E-state index < -0.39 is 0 Å². The normalized spacial score (nSPS) is 20.9. The smallest absolute Gasteiger partial charge is 0.0883 e. The van der Waals surface area contributed by atoms with Crippen molar-refractivity contribution in [3.05, 3.63) is 31.4 Å². The van der Waals surface area contributed by atoms with E-state index in [-0.39, 0.29) is 0 Å². The fraction of sp³-hybridized carbons (Fsp3) is 0.444. The Bertz CT molecular complexity index is 96.6. The van der Waals surface area contributed by atoms with E-state index in [4.69, 9.17) is 0 Å². The van der Waals surface area contributed by atoms with Crippen molar-refractivity contribution in [1.29, 1.82) is 0 Å². The van der Waals surface area contributed by atoms with Crippen LogP contribution < -0.4 is 0 Å². The van der Waals surface area contributed by atoms with Crippen LogP contribution in [0.4, 0.5) is 0 Å². The van der Waals surface area contributed by atoms with Gasteiger partial charge in [-0.05, 0) is 18.8 Å². The van der Waals surface area contributed by atoms with E-state index in [0.29, 0.717) is 0 Å². The first-order chi connectivity index (χ1) is 4.30. The zero-order chi connectivity index (χ0) is 6.69. The van der Waals surface area contributed by atoms with Gasteiger partial charge in [0.25, 0.3) is 0 Å². The van der Waals surface area contributed by atoms with Gasteiger partial charge in [-0.3, -0.25) is 0 Å². The van der Waals surface area contributed by atoms with Crippen molar-refractivity contribution in [2.75, 3.05) is 0 Å². The molecule has 1 radical (unpaired) electrons. The minimum atomic E-state index is 1.04. The maximum Gasteiger partial charge on any atom is 0.0883 e. The molecule has 0 amide bonds. The third kappa shape index (κ3) is 1.70. The number of rotatable bonds is 1. The lowest BCUT2D eigenvalue weighted by atomic mass is 9.85. The molecule has 0 aromatic heterocycles. The van der Waals surface area contributed by atoms with Crippen LogP contribution >= 0.6 is 0 Å². The Balaban J connectivity index is 2.31. The van der Waals surface area contributed by atoms with Crippen molar-refractivity contribution in [2.24, 2.45) is 0 Å². The van der Waals surface area contributed by atoms with Gasteiger partial charge in [-0.15, -0.1) is 0 Å². The molecular formula is C9H13. The lowest BCUT2D eigenvalue weighted by Gasteiger charge is -2.20. The van der Waals surface area contributed by atoms with Gasteiger partial charge in [-0.25, -0.2) is 19.1 Å². The Labute approximate surface area is 58.0 Å². The Morgan fingerprint density at radius 2 is 2.00 bits per heavy atom. The SMILES string of the molecule is C=C([CH2-])[C]1CC[CH+]CC1. The van der Waals surface area contributed by atoms with Crippen molar-refractivity contribution in [3.8, 4) is 0 Å². The van der Waals surface area contributed by atoms with E-state index in [0.717, 1.165) is 5.57 Å². The molecule has 0 aromatic rings. The van der Waals surface area contributed by atoms with Crippen molar-refractivity contribution >= 4 is 0 Å². The fourth-order valence-electron chi connectivity index (χ4n) is 1.18. The average Bonchev–Trinajstić information content (AvgIpc) is 1.90. The van der Waals surface area contributed by atoms with Gasteiger partial charge in [0.2, 0.25) is 0 Å². The molecule has 49 valence electrons. The first-order valence-corrected chi connectivity index (χ1v) is 3.48. The second-order valence-corrected chi connectivity index (χ2v) is 2.57. The van der Waals surface area contributed by atoms with Crippen LogP contribution in [0.25, 0.3) is 0 Å². The summed E-state index contributed by atoms with van der Waals surface area (Å²) in [4.78, 5) is 0. The maximum atomic E-state index is 3.82. The number of allylic oxidation sites excluding steroid dienone is 1. The molecule has 0 unspecified atom stereocenters. The van der Waals surface area contributed by atoms with Crippen LogP contribution in [0, 0.1) is 19.3 Å². The highest BCUT2D eigenvalue weighted by Crippen LogP contribution is 2.29. The van der Waals surface area contributed by atoms with Crippen molar-refractivity contribution < 1.29 is 0 Å². The highest BCUT2D eigenvalue weighted by molar-refractivity contribution is 5.24. The zero-order valence-corrected chi connectivity index (χ0v) is 5.82. The van der Waals surface area contributed by atoms with Gasteiger partial charge in [0, 0.05) is 0 Å². The number of hydrogen-bond acceptors (Lipinski definition) is 0. The predicted octanol–water partition coefficient (Wildman–Crippen LogP) is 2.73. The molecule has 0 aliphatic heterocycles. The van der Waals surface area contributed by atoms with Crippen LogP contribution in [-0.2, 0) is 0 Å². The van der Waals surface area contributed by atoms with E-state index in [1.165, 1.54) is 31.6 Å². The van der Waals surface area contributed by atoms with Crippen LogP contribution in [0.15, 0.2) is 12.2 Å². The molecule has 0 aromatic carbocycles. The van der Waals surface area contributed by atoms with Crippen molar-refractivity contribution in [1.82, 2.24) is 0 Å². The molecule has 0 heterocycles. The summed E-state index contributed by atoms with van der Waals surface area (Å²) in [5.74, 6) is 1.47. The maximum absolute atomic E-state index is 3.82. The molecule has 0 N–H and O–H groups in total. The summed E-state index contributed by atoms with van der Waals surface area (Å²) in [6.07, 6.45) is 7.19. The minimum Gasteiger partial charge on any atom is -0.242 e. The van der Waals surface area contributed by atoms with Crippen molar-refractivity contribution in [3.63, 3.8) is 0 Å². The summed E-state index contributed by atoms with van der Waals surface area (Å²) in [5, 5.41) is 0. The largest absolute Gasteiger partial charge is 0.242 e. The molecule has 1 aliphatic carbocycles. The summed E-state index contributed by atoms with van der Waals surface area (Å²) >= 11 is 0. The molecule has 0 heteroatoms. The molecule has 0 saturated heterocycles. The van der Waals surface area contributed by atoms with E-state index in [2.05, 4.69) is 19.9 Å². The van der Waals surface area contributed by atoms with Gasteiger partial charge in [-0.2, -0.15) is 0 Å². The summed E-state index contributed by atoms with van der Waals surface area (Å²) in [6, 6.07) is 0. The van der Waals surface area contributed by atoms with Gasteiger partial charge < -0.3 is 0 Å². The molecule has 0 bridgehead atoms. The third-order valence-corrected chi connectivity index (χ3v) is 1.80. The molecule has 0 atom stereocenters. The predicted molar refractivity (Wildman–Crippen MR) is 40.5 cm³/mol. The first kappa shape index (κ1) is 6.60. The summed E-state index contributed by atoms with van der Waals surface area (Å²) < 4.78 is 0. The molecule has 1 aliphatic rings. The van der Waals surface area contributed by atoms with Crippen LogP contribution in [0.3, 0.4) is 0 Å². The fourth-order valence-corrected chi connectivity index (χ4v) is 1.18. The standard InChI is InChI=1S/C9H13/c1-8(2)9-6-4-3-5-7-9/h3H,1-2,4-7H2. The molecule has 1 saturated carbocycles. The topological polar surface area (TPSA) is 0 Å². The Morgan fingerprint density at radius 1 is 1.44 bits per heavy atom. The van der Waals surface area contributed by atoms with Crippen LogP contribution in [0.5, 0.6) is 0 Å². The van der Waals surface area contributed by atoms with Gasteiger partial charge in [0.1, 0.15) is 0 Å². The zero-order valence-electron chi connectivity index (χ0n) is 5.82. The Kier molecular flexibility index (Phi) is 2.10. The second kappa shape index (κ2) is 2.86. The van der Waals surface area contributed by atoms with Crippen LogP contribution in [0.1, 0.15) is 25.7 Å². The van der Waals surface area contributed by atoms with Crippen LogP contribution in [0.2, 0.25) is 0 Å². The van der Waals surface area contributed by atoms with E-state index in [9.17, 15) is 0 Å². The molecule has 0 nitrogen and oxygen atoms in total. The van der Waals surface area contributed by atoms with Gasteiger partial charge in [-0.1, -0.05) is 0 Å². The molecule has 0 spiro atoms. The Hall–Kier alpha value is -0.520. The molecule has 1 rings (SSSR count). The highest BCUT2D eigenvalue weighted by Gasteiger charge is 2.16. The van der Waals surface area contributed by atoms with Gasteiger partial charge >= 0.3 is 0 Å². The quantitative estimate of drug-likeness (QED) is 0.468. The number of hydrogen-bond donors (Lipinski definition) is 0. The van der Waals surface area contributed by atoms with Gasteiger partial charge in [0.15, 0.2) is 0 Å². The molecular weight excluding hydrogens is 108 g/mol. The summed E-state index contributed by atoms with van der Waals surface area (Å²) in [5.41, 5.74) is 1.04. The first-order valence-electron chi connectivity index (χ1n) is 3.48. The average molecular weight is 121 g/mol. The second-order valence-electron chi connectivity index (χ2n) is 2.57. The minimum absolute atomic E-state index is 1.04. The van der Waals surface area contributed by atoms with Gasteiger partial charge in [0.05, 0.1) is 19.3 Å². The summed E-state index contributed by atoms with van der Waals surface area (Å²) in [7, 11) is 0. The Morgan fingerprint density at radius 3 is 2.33 bits per heavy atom. The highest BCUT2D eigenvalue weighted by atomic mass is 14.2. The van der Waals surface area contributed by atoms with Crippen molar-refractivity contribution in [2.45, 2.75) is 25.7 Å². The molecule has 1 fully saturated rings.